The number of benzene rings is 2. The van der Waals surface area contributed by atoms with Crippen LogP contribution in [0.4, 0.5) is 5.69 Å². The van der Waals surface area contributed by atoms with E-state index >= 15 is 0 Å². The Labute approximate surface area is 325 Å². The number of hydrogen-bond donors (Lipinski definition) is 4. The molecule has 2 aromatic carbocycles. The lowest BCUT2D eigenvalue weighted by Crippen LogP contribution is -2.60. The summed E-state index contributed by atoms with van der Waals surface area (Å²) in [5, 5.41) is 27.3. The number of ketones is 3. The number of carbonyl (C=O) groups is 5. The standard InChI is InChI=1S/C44H49N3O9/c1-42-16-13-32(48)20-30(42)8-10-33-35-14-17-44(54,43(35,2)21-36(49)40(33)42)37(50)25-56-39(52)12-11-38(51)55-24-26-3-5-27(6-4-26)34(22-45)41(53)47-31-9-7-29-23-46-18-15-28(29)19-31/h3-7,9,13,15-16,18-20,23,33-35,39-40,52,54H,8,10-12,14,17,21-22,24-25,45H2,1-2H3,(H,47,53)/t33-,34+,35-,39?,40+,42-,43-,44-/m0/s1. The van der Waals surface area contributed by atoms with Gasteiger partial charge in [-0.2, -0.15) is 0 Å². The third kappa shape index (κ3) is 7.27. The molecule has 3 fully saturated rings. The number of hydrogen-bond acceptors (Lipinski definition) is 11. The summed E-state index contributed by atoms with van der Waals surface area (Å²) >= 11 is 0. The van der Waals surface area contributed by atoms with Gasteiger partial charge in [0, 0.05) is 59.6 Å². The fraction of sp³-hybridized carbons (Fsp3) is 0.455. The van der Waals surface area contributed by atoms with E-state index in [1.807, 2.05) is 44.2 Å². The number of fused-ring (bicyclic) bond motifs is 6. The molecule has 8 atom stereocenters. The van der Waals surface area contributed by atoms with Gasteiger partial charge >= 0.3 is 5.97 Å². The van der Waals surface area contributed by atoms with Crippen molar-refractivity contribution in [2.24, 2.45) is 34.3 Å². The number of nitrogens with two attached hydrogens (primary N) is 1. The van der Waals surface area contributed by atoms with Crippen LogP contribution in [-0.4, -0.2) is 69.5 Å². The third-order valence-electron chi connectivity index (χ3n) is 13.1. The van der Waals surface area contributed by atoms with Gasteiger partial charge in [0.25, 0.3) is 0 Å². The van der Waals surface area contributed by atoms with Crippen molar-refractivity contribution in [2.75, 3.05) is 18.5 Å². The SMILES string of the molecule is C[C@]12C=CC(=O)C=C1CC[C@@H]1[C@@H]2C(=O)C[C@@]2(C)[C@H]1CC[C@]2(O)C(=O)COC(O)CCC(=O)OCc1ccc([C@@H](CN)C(=O)Nc2ccc3cnccc3c2)cc1. The Morgan fingerprint density at radius 1 is 1.05 bits per heavy atom. The van der Waals surface area contributed by atoms with E-state index in [4.69, 9.17) is 15.2 Å². The Balaban J connectivity index is 0.865. The predicted molar refractivity (Wildman–Crippen MR) is 207 cm³/mol. The van der Waals surface area contributed by atoms with Crippen LogP contribution in [0.1, 0.15) is 75.8 Å². The average molecular weight is 764 g/mol. The van der Waals surface area contributed by atoms with Crippen LogP contribution in [0, 0.1) is 28.6 Å². The van der Waals surface area contributed by atoms with Crippen LogP contribution in [0.3, 0.4) is 0 Å². The lowest BCUT2D eigenvalue weighted by atomic mass is 9.46. The van der Waals surface area contributed by atoms with Crippen LogP contribution in [0.15, 0.2) is 84.7 Å². The summed E-state index contributed by atoms with van der Waals surface area (Å²) in [6.07, 6.45) is 8.95. The largest absolute Gasteiger partial charge is 0.461 e. The summed E-state index contributed by atoms with van der Waals surface area (Å²) in [7, 11) is 0. The van der Waals surface area contributed by atoms with Gasteiger partial charge in [-0.15, -0.1) is 0 Å². The second kappa shape index (κ2) is 15.6. The molecule has 7 rings (SSSR count). The fourth-order valence-corrected chi connectivity index (χ4v) is 9.97. The Morgan fingerprint density at radius 3 is 2.61 bits per heavy atom. The number of aliphatic hydroxyl groups excluding tert-OH is 1. The van der Waals surface area contributed by atoms with Crippen LogP contribution >= 0.6 is 0 Å². The Kier molecular flexibility index (Phi) is 10.9. The normalized spacial score (nSPS) is 29.1. The highest BCUT2D eigenvalue weighted by molar-refractivity contribution is 6.02. The summed E-state index contributed by atoms with van der Waals surface area (Å²) in [6, 6.07) is 14.5. The molecular weight excluding hydrogens is 714 g/mol. The number of anilines is 1. The lowest BCUT2D eigenvalue weighted by molar-refractivity contribution is -0.177. The van der Waals surface area contributed by atoms with Gasteiger partial charge in [0.2, 0.25) is 5.91 Å². The Morgan fingerprint density at radius 2 is 1.84 bits per heavy atom. The van der Waals surface area contributed by atoms with Crippen molar-refractivity contribution in [3.8, 4) is 0 Å². The van der Waals surface area contributed by atoms with Crippen LogP contribution in [0.2, 0.25) is 0 Å². The maximum absolute atomic E-state index is 13.8. The quantitative estimate of drug-likeness (QED) is 0.137. The minimum atomic E-state index is -1.80. The minimum absolute atomic E-state index is 0.0113. The lowest BCUT2D eigenvalue weighted by Gasteiger charge is -2.56. The average Bonchev–Trinajstić information content (AvgIpc) is 3.46. The van der Waals surface area contributed by atoms with E-state index in [0.717, 1.165) is 16.3 Å². The maximum Gasteiger partial charge on any atom is 0.306 e. The molecule has 294 valence electrons. The van der Waals surface area contributed by atoms with Gasteiger partial charge in [0.05, 0.1) is 12.3 Å². The van der Waals surface area contributed by atoms with E-state index < -0.39 is 47.0 Å². The first-order chi connectivity index (χ1) is 26.8. The van der Waals surface area contributed by atoms with Crippen molar-refractivity contribution in [3.05, 3.63) is 95.9 Å². The second-order valence-corrected chi connectivity index (χ2v) is 16.3. The molecule has 56 heavy (non-hydrogen) atoms. The van der Waals surface area contributed by atoms with E-state index in [1.54, 1.807) is 42.7 Å². The van der Waals surface area contributed by atoms with Crippen molar-refractivity contribution in [2.45, 2.75) is 83.2 Å². The van der Waals surface area contributed by atoms with E-state index in [2.05, 4.69) is 10.3 Å². The predicted octanol–water partition coefficient (Wildman–Crippen LogP) is 4.86. The summed E-state index contributed by atoms with van der Waals surface area (Å²) in [5.74, 6) is -2.51. The van der Waals surface area contributed by atoms with E-state index in [9.17, 15) is 34.2 Å². The number of nitrogens with one attached hydrogen (secondary N) is 1. The number of pyridine rings is 1. The van der Waals surface area contributed by atoms with Gasteiger partial charge in [0.1, 0.15) is 24.6 Å². The number of Topliss-reactive ketones (excluding diaryl/α,β-unsaturated/α-hetero) is 2. The van der Waals surface area contributed by atoms with Crippen molar-refractivity contribution in [3.63, 3.8) is 0 Å². The molecule has 0 bridgehead atoms. The van der Waals surface area contributed by atoms with Gasteiger partial charge < -0.3 is 30.7 Å². The molecule has 0 aliphatic heterocycles. The number of rotatable bonds is 13. The number of nitrogens with zero attached hydrogens (tertiary/aromatic N) is 1. The number of allylic oxidation sites excluding steroid dienone is 4. The van der Waals surface area contributed by atoms with Gasteiger partial charge in [-0.25, -0.2) is 0 Å². The first kappa shape index (κ1) is 39.4. The van der Waals surface area contributed by atoms with Crippen molar-refractivity contribution < 1.29 is 43.7 Å². The summed E-state index contributed by atoms with van der Waals surface area (Å²) in [5.41, 5.74) is 5.67. The van der Waals surface area contributed by atoms with Crippen molar-refractivity contribution >= 4 is 45.7 Å². The zero-order chi connectivity index (χ0) is 39.8. The van der Waals surface area contributed by atoms with Crippen molar-refractivity contribution in [1.29, 1.82) is 0 Å². The summed E-state index contributed by atoms with van der Waals surface area (Å²) in [4.78, 5) is 69.3. The molecule has 4 aliphatic rings. The number of aromatic nitrogens is 1. The zero-order valence-corrected chi connectivity index (χ0v) is 31.7. The Hall–Kier alpha value is -4.88. The molecule has 1 aromatic heterocycles. The van der Waals surface area contributed by atoms with E-state index in [-0.39, 0.29) is 74.1 Å². The number of amides is 1. The van der Waals surface area contributed by atoms with Crippen LogP contribution < -0.4 is 11.1 Å². The molecule has 0 radical (unpaired) electrons. The first-order valence-electron chi connectivity index (χ1n) is 19.4. The summed E-state index contributed by atoms with van der Waals surface area (Å²) in [6.45, 7) is 3.33. The second-order valence-electron chi connectivity index (χ2n) is 16.3. The molecule has 0 saturated heterocycles. The number of esters is 1. The topological polar surface area (TPSA) is 195 Å². The number of carbonyl (C=O) groups excluding carboxylic acids is 5. The van der Waals surface area contributed by atoms with Gasteiger partial charge in [0.15, 0.2) is 17.9 Å². The molecule has 0 spiro atoms. The molecule has 1 amide bonds. The highest BCUT2D eigenvalue weighted by Crippen LogP contribution is 2.66. The van der Waals surface area contributed by atoms with Gasteiger partial charge in [-0.05, 0) is 84.4 Å². The third-order valence-corrected chi connectivity index (χ3v) is 13.1. The van der Waals surface area contributed by atoms with E-state index in [0.29, 0.717) is 36.1 Å². The highest BCUT2D eigenvalue weighted by atomic mass is 16.6. The molecule has 12 nitrogen and oxygen atoms in total. The smallest absolute Gasteiger partial charge is 0.306 e. The van der Waals surface area contributed by atoms with Crippen LogP contribution in [-0.2, 0) is 40.1 Å². The number of ether oxygens (including phenoxy) is 2. The molecule has 3 aromatic rings. The van der Waals surface area contributed by atoms with Crippen LogP contribution in [0.25, 0.3) is 10.8 Å². The molecular formula is C44H49N3O9. The molecule has 1 unspecified atom stereocenters. The first-order valence-corrected chi connectivity index (χ1v) is 19.4. The fourth-order valence-electron chi connectivity index (χ4n) is 9.97. The molecule has 1 heterocycles. The molecule has 4 aliphatic carbocycles. The van der Waals surface area contributed by atoms with Crippen LogP contribution in [0.5, 0.6) is 0 Å². The monoisotopic (exact) mass is 763 g/mol. The highest BCUT2D eigenvalue weighted by Gasteiger charge is 2.68. The van der Waals surface area contributed by atoms with Gasteiger partial charge in [-0.3, -0.25) is 29.0 Å². The number of aliphatic hydroxyl groups is 2. The maximum atomic E-state index is 13.8. The van der Waals surface area contributed by atoms with Gasteiger partial charge in [-0.1, -0.05) is 55.8 Å². The zero-order valence-electron chi connectivity index (χ0n) is 31.7. The minimum Gasteiger partial charge on any atom is -0.461 e. The molecule has 3 saturated carbocycles. The molecule has 5 N–H and O–H groups in total. The summed E-state index contributed by atoms with van der Waals surface area (Å²) < 4.78 is 10.8. The molecule has 12 heteroatoms. The Bertz CT molecular complexity index is 2110. The van der Waals surface area contributed by atoms with E-state index in [1.165, 1.54) is 6.08 Å². The van der Waals surface area contributed by atoms with Crippen molar-refractivity contribution in [1.82, 2.24) is 4.98 Å².